The highest BCUT2D eigenvalue weighted by atomic mass is 16.6. The van der Waals surface area contributed by atoms with Crippen molar-refractivity contribution in [2.75, 3.05) is 0 Å². The molecule has 2 aromatic heterocycles. The van der Waals surface area contributed by atoms with E-state index in [0.717, 1.165) is 0 Å². The third kappa shape index (κ3) is 3.15. The molecule has 0 aliphatic carbocycles. The number of nitro groups is 1. The summed E-state index contributed by atoms with van der Waals surface area (Å²) in [5.41, 5.74) is 1.23. The van der Waals surface area contributed by atoms with Crippen LogP contribution in [0.4, 0.5) is 5.69 Å². The van der Waals surface area contributed by atoms with Gasteiger partial charge in [-0.25, -0.2) is 14.8 Å². The number of pyridine rings is 2. The normalized spacial score (nSPS) is 10.6. The van der Waals surface area contributed by atoms with Gasteiger partial charge in [0.15, 0.2) is 5.65 Å². The number of hydrogen-bond donors (Lipinski definition) is 1. The molecular formula is C17H13N3O5. The Morgan fingerprint density at radius 2 is 2.00 bits per heavy atom. The van der Waals surface area contributed by atoms with Gasteiger partial charge in [-0.1, -0.05) is 0 Å². The molecule has 0 aliphatic rings. The predicted molar refractivity (Wildman–Crippen MR) is 88.3 cm³/mol. The van der Waals surface area contributed by atoms with E-state index in [2.05, 4.69) is 9.97 Å². The van der Waals surface area contributed by atoms with Gasteiger partial charge in [0.05, 0.1) is 22.8 Å². The number of aliphatic hydroxyl groups excluding tert-OH is 1. The molecule has 0 bridgehead atoms. The number of nitrogens with zero attached hydrogens (tertiary/aromatic N) is 3. The van der Waals surface area contributed by atoms with E-state index in [1.165, 1.54) is 24.3 Å². The standard InChI is InChI=1S/C17H13N3O5/c1-10-15(14(9-21)13-3-2-8-18-16(13)19-10)17(22)25-12-6-4-11(5-7-12)20(23)24/h2-8,21H,9H2,1H3. The Balaban J connectivity index is 1.99. The van der Waals surface area contributed by atoms with Crippen molar-refractivity contribution in [1.82, 2.24) is 9.97 Å². The summed E-state index contributed by atoms with van der Waals surface area (Å²) in [6.07, 6.45) is 1.57. The van der Waals surface area contributed by atoms with Gasteiger partial charge in [-0.2, -0.15) is 0 Å². The van der Waals surface area contributed by atoms with Crippen molar-refractivity contribution in [3.05, 3.63) is 69.5 Å². The SMILES string of the molecule is Cc1nc2ncccc2c(CO)c1C(=O)Oc1ccc([N+](=O)[O-])cc1. The molecule has 0 unspecified atom stereocenters. The van der Waals surface area contributed by atoms with E-state index in [-0.39, 0.29) is 23.6 Å². The number of aromatic nitrogens is 2. The van der Waals surface area contributed by atoms with Gasteiger partial charge >= 0.3 is 5.97 Å². The maximum atomic E-state index is 12.5. The van der Waals surface area contributed by atoms with Gasteiger partial charge in [-0.05, 0) is 31.2 Å². The lowest BCUT2D eigenvalue weighted by atomic mass is 10.0. The summed E-state index contributed by atoms with van der Waals surface area (Å²) in [4.78, 5) is 31.1. The maximum Gasteiger partial charge on any atom is 0.345 e. The van der Waals surface area contributed by atoms with Crippen LogP contribution in [0.15, 0.2) is 42.6 Å². The van der Waals surface area contributed by atoms with Crippen LogP contribution in [-0.2, 0) is 6.61 Å². The van der Waals surface area contributed by atoms with E-state index in [4.69, 9.17) is 4.74 Å². The topological polar surface area (TPSA) is 115 Å². The first-order valence-electron chi connectivity index (χ1n) is 7.33. The predicted octanol–water partition coefficient (Wildman–Crippen LogP) is 2.56. The summed E-state index contributed by atoms with van der Waals surface area (Å²) in [6, 6.07) is 8.54. The van der Waals surface area contributed by atoms with Crippen molar-refractivity contribution in [2.24, 2.45) is 0 Å². The lowest BCUT2D eigenvalue weighted by molar-refractivity contribution is -0.384. The molecule has 0 saturated carbocycles. The van der Waals surface area contributed by atoms with Gasteiger partial charge in [-0.15, -0.1) is 0 Å². The first-order chi connectivity index (χ1) is 12.0. The number of non-ortho nitro benzene ring substituents is 1. The number of esters is 1. The molecule has 0 aliphatic heterocycles. The average Bonchev–Trinajstić information content (AvgIpc) is 2.60. The summed E-state index contributed by atoms with van der Waals surface area (Å²) >= 11 is 0. The van der Waals surface area contributed by atoms with Gasteiger partial charge in [0.1, 0.15) is 5.75 Å². The first-order valence-corrected chi connectivity index (χ1v) is 7.33. The summed E-state index contributed by atoms with van der Waals surface area (Å²) in [6.45, 7) is 1.25. The van der Waals surface area contributed by atoms with Crippen LogP contribution in [0.3, 0.4) is 0 Å². The molecular weight excluding hydrogens is 326 g/mol. The fourth-order valence-corrected chi connectivity index (χ4v) is 2.52. The van der Waals surface area contributed by atoms with Crippen LogP contribution in [0.5, 0.6) is 5.75 Å². The van der Waals surface area contributed by atoms with Crippen molar-refractivity contribution >= 4 is 22.7 Å². The van der Waals surface area contributed by atoms with Crippen LogP contribution >= 0.6 is 0 Å². The Hall–Kier alpha value is -3.39. The summed E-state index contributed by atoms with van der Waals surface area (Å²) in [7, 11) is 0. The Labute approximate surface area is 141 Å². The van der Waals surface area contributed by atoms with Gasteiger partial charge in [0.2, 0.25) is 0 Å². The zero-order valence-corrected chi connectivity index (χ0v) is 13.2. The molecule has 8 nitrogen and oxygen atoms in total. The van der Waals surface area contributed by atoms with Gasteiger partial charge < -0.3 is 9.84 Å². The van der Waals surface area contributed by atoms with E-state index < -0.39 is 10.9 Å². The van der Waals surface area contributed by atoms with E-state index in [0.29, 0.717) is 22.3 Å². The maximum absolute atomic E-state index is 12.5. The van der Waals surface area contributed by atoms with Crippen molar-refractivity contribution in [3.8, 4) is 5.75 Å². The fraction of sp³-hybridized carbons (Fsp3) is 0.118. The summed E-state index contributed by atoms with van der Waals surface area (Å²) in [5, 5.41) is 20.9. The van der Waals surface area contributed by atoms with E-state index in [9.17, 15) is 20.0 Å². The number of carbonyl (C=O) groups is 1. The van der Waals surface area contributed by atoms with Gasteiger partial charge in [-0.3, -0.25) is 10.1 Å². The molecule has 0 fully saturated rings. The summed E-state index contributed by atoms with van der Waals surface area (Å²) < 4.78 is 5.27. The molecule has 1 N–H and O–H groups in total. The van der Waals surface area contributed by atoms with Crippen molar-refractivity contribution in [1.29, 1.82) is 0 Å². The Kier molecular flexibility index (Phi) is 4.36. The van der Waals surface area contributed by atoms with Crippen LogP contribution in [-0.4, -0.2) is 26.0 Å². The van der Waals surface area contributed by atoms with E-state index in [1.54, 1.807) is 25.3 Å². The molecule has 3 rings (SSSR count). The minimum absolute atomic E-state index is 0.106. The molecule has 25 heavy (non-hydrogen) atoms. The Bertz CT molecular complexity index is 970. The van der Waals surface area contributed by atoms with Crippen LogP contribution in [0, 0.1) is 17.0 Å². The second kappa shape index (κ2) is 6.62. The zero-order chi connectivity index (χ0) is 18.0. The number of rotatable bonds is 4. The molecule has 3 aromatic rings. The molecule has 8 heteroatoms. The lowest BCUT2D eigenvalue weighted by Crippen LogP contribution is -2.15. The number of benzene rings is 1. The van der Waals surface area contributed by atoms with E-state index >= 15 is 0 Å². The second-order valence-corrected chi connectivity index (χ2v) is 5.22. The Morgan fingerprint density at radius 1 is 1.28 bits per heavy atom. The average molecular weight is 339 g/mol. The van der Waals surface area contributed by atoms with Crippen molar-refractivity contribution in [3.63, 3.8) is 0 Å². The highest BCUT2D eigenvalue weighted by Gasteiger charge is 2.21. The number of carbonyl (C=O) groups excluding carboxylic acids is 1. The highest BCUT2D eigenvalue weighted by molar-refractivity contribution is 5.98. The molecule has 126 valence electrons. The van der Waals surface area contributed by atoms with Gasteiger partial charge in [0, 0.05) is 29.3 Å². The molecule has 1 aromatic carbocycles. The minimum Gasteiger partial charge on any atom is -0.423 e. The van der Waals surface area contributed by atoms with Crippen LogP contribution in [0.1, 0.15) is 21.6 Å². The smallest absolute Gasteiger partial charge is 0.345 e. The molecule has 2 heterocycles. The first kappa shape index (κ1) is 16.5. The third-order valence-electron chi connectivity index (χ3n) is 3.67. The van der Waals surface area contributed by atoms with Crippen LogP contribution in [0.25, 0.3) is 11.0 Å². The fourth-order valence-electron chi connectivity index (χ4n) is 2.52. The van der Waals surface area contributed by atoms with Crippen LogP contribution < -0.4 is 4.74 Å². The number of aryl methyl sites for hydroxylation is 1. The Morgan fingerprint density at radius 3 is 2.64 bits per heavy atom. The van der Waals surface area contributed by atoms with Crippen LogP contribution in [0.2, 0.25) is 0 Å². The number of aliphatic hydroxyl groups is 1. The number of nitro benzene ring substituents is 1. The number of ether oxygens (including phenoxy) is 1. The quantitative estimate of drug-likeness (QED) is 0.336. The largest absolute Gasteiger partial charge is 0.423 e. The number of fused-ring (bicyclic) bond motifs is 1. The zero-order valence-electron chi connectivity index (χ0n) is 13.2. The number of hydrogen-bond acceptors (Lipinski definition) is 7. The van der Waals surface area contributed by atoms with Crippen molar-refractivity contribution < 1.29 is 19.6 Å². The summed E-state index contributed by atoms with van der Waals surface area (Å²) in [5.74, 6) is -0.543. The molecule has 0 atom stereocenters. The minimum atomic E-state index is -0.700. The second-order valence-electron chi connectivity index (χ2n) is 5.22. The van der Waals surface area contributed by atoms with Crippen molar-refractivity contribution in [2.45, 2.75) is 13.5 Å². The molecule has 0 spiro atoms. The molecule has 0 radical (unpaired) electrons. The third-order valence-corrected chi connectivity index (χ3v) is 3.67. The highest BCUT2D eigenvalue weighted by Crippen LogP contribution is 2.25. The molecule has 0 amide bonds. The monoisotopic (exact) mass is 339 g/mol. The lowest BCUT2D eigenvalue weighted by Gasteiger charge is -2.12. The van der Waals surface area contributed by atoms with E-state index in [1.807, 2.05) is 0 Å². The molecule has 0 saturated heterocycles. The van der Waals surface area contributed by atoms with Gasteiger partial charge in [0.25, 0.3) is 5.69 Å².